The van der Waals surface area contributed by atoms with Gasteiger partial charge in [0.1, 0.15) is 4.33 Å². The van der Waals surface area contributed by atoms with Crippen molar-refractivity contribution in [1.82, 2.24) is 5.32 Å². The fraction of sp³-hybridized carbons (Fsp3) is 1.00. The molecule has 0 radical (unpaired) electrons. The Kier molecular flexibility index (Phi) is 1.10. The number of piperidine rings is 1. The third-order valence-corrected chi connectivity index (χ3v) is 3.53. The molecule has 3 atom stereocenters. The van der Waals surface area contributed by atoms with E-state index in [1.54, 1.807) is 0 Å². The molecule has 0 aromatic heterocycles. The van der Waals surface area contributed by atoms with Crippen LogP contribution in [0.1, 0.15) is 6.92 Å². The van der Waals surface area contributed by atoms with Crippen LogP contribution >= 0.6 is 23.2 Å². The van der Waals surface area contributed by atoms with Crippen LogP contribution in [0.2, 0.25) is 0 Å². The summed E-state index contributed by atoms with van der Waals surface area (Å²) in [5.41, 5.74) is 0. The molecule has 2 rings (SSSR count). The first-order valence-electron chi connectivity index (χ1n) is 3.25. The molecule has 1 N–H and O–H groups in total. The van der Waals surface area contributed by atoms with Gasteiger partial charge in [-0.1, -0.05) is 0 Å². The summed E-state index contributed by atoms with van der Waals surface area (Å²) >= 11 is 11.9. The lowest BCUT2D eigenvalue weighted by Crippen LogP contribution is -2.27. The zero-order valence-corrected chi connectivity index (χ0v) is 6.71. The predicted molar refractivity (Wildman–Crippen MR) is 38.9 cm³/mol. The van der Waals surface area contributed by atoms with Crippen molar-refractivity contribution >= 4 is 23.2 Å². The fourth-order valence-corrected chi connectivity index (χ4v) is 2.78. The van der Waals surface area contributed by atoms with Gasteiger partial charge >= 0.3 is 0 Å². The molecule has 0 bridgehead atoms. The molecule has 52 valence electrons. The Morgan fingerprint density at radius 2 is 2.22 bits per heavy atom. The molecule has 2 aliphatic rings. The number of alkyl halides is 2. The van der Waals surface area contributed by atoms with Crippen molar-refractivity contribution in [2.45, 2.75) is 17.3 Å². The van der Waals surface area contributed by atoms with E-state index in [1.165, 1.54) is 0 Å². The second-order valence-electron chi connectivity index (χ2n) is 3.00. The highest BCUT2D eigenvalue weighted by molar-refractivity contribution is 6.51. The first kappa shape index (κ1) is 6.26. The van der Waals surface area contributed by atoms with Crippen LogP contribution in [0.4, 0.5) is 0 Å². The summed E-state index contributed by atoms with van der Waals surface area (Å²) in [5.74, 6) is 1.04. The number of nitrogens with one attached hydrogen (secondary N) is 1. The van der Waals surface area contributed by atoms with E-state index in [1.807, 2.05) is 0 Å². The average Bonchev–Trinajstić information content (AvgIpc) is 2.19. The third-order valence-electron chi connectivity index (χ3n) is 2.46. The molecular formula is C6H9Cl2N. The van der Waals surface area contributed by atoms with Gasteiger partial charge in [-0.2, -0.15) is 0 Å². The van der Waals surface area contributed by atoms with Crippen LogP contribution in [0.5, 0.6) is 0 Å². The Labute approximate surface area is 64.7 Å². The van der Waals surface area contributed by atoms with E-state index < -0.39 is 0 Å². The van der Waals surface area contributed by atoms with E-state index in [-0.39, 0.29) is 4.33 Å². The highest BCUT2D eigenvalue weighted by Gasteiger charge is 2.67. The van der Waals surface area contributed by atoms with Crippen LogP contribution in [-0.4, -0.2) is 16.9 Å². The van der Waals surface area contributed by atoms with Crippen molar-refractivity contribution in [3.8, 4) is 0 Å². The van der Waals surface area contributed by atoms with Crippen LogP contribution in [0.25, 0.3) is 0 Å². The third kappa shape index (κ3) is 0.659. The Morgan fingerprint density at radius 1 is 1.56 bits per heavy atom. The van der Waals surface area contributed by atoms with Crippen LogP contribution in [0.3, 0.4) is 0 Å². The van der Waals surface area contributed by atoms with E-state index in [0.29, 0.717) is 17.9 Å². The molecule has 1 aliphatic carbocycles. The minimum Gasteiger partial charge on any atom is -0.313 e. The lowest BCUT2D eigenvalue weighted by Gasteiger charge is -2.10. The van der Waals surface area contributed by atoms with Crippen molar-refractivity contribution < 1.29 is 0 Å². The van der Waals surface area contributed by atoms with E-state index in [2.05, 4.69) is 12.2 Å². The summed E-state index contributed by atoms with van der Waals surface area (Å²) in [6.07, 6.45) is 0. The maximum atomic E-state index is 5.93. The fourth-order valence-electron chi connectivity index (χ4n) is 1.80. The molecular weight excluding hydrogens is 157 g/mol. The maximum Gasteiger partial charge on any atom is 0.127 e. The van der Waals surface area contributed by atoms with Gasteiger partial charge in [-0.3, -0.25) is 0 Å². The van der Waals surface area contributed by atoms with Crippen LogP contribution in [0.15, 0.2) is 0 Å². The quantitative estimate of drug-likeness (QED) is 0.536. The van der Waals surface area contributed by atoms with E-state index in [9.17, 15) is 0 Å². The normalized spacial score (nSPS) is 53.0. The van der Waals surface area contributed by atoms with Crippen molar-refractivity contribution in [3.05, 3.63) is 0 Å². The van der Waals surface area contributed by atoms with Crippen molar-refractivity contribution in [2.75, 3.05) is 6.54 Å². The second kappa shape index (κ2) is 1.58. The highest BCUT2D eigenvalue weighted by atomic mass is 35.5. The molecule has 0 spiro atoms. The van der Waals surface area contributed by atoms with Crippen LogP contribution in [-0.2, 0) is 0 Å². The summed E-state index contributed by atoms with van der Waals surface area (Å²) in [6, 6.07) is 0.519. The van der Waals surface area contributed by atoms with Gasteiger partial charge in [-0.05, 0) is 6.92 Å². The molecule has 9 heavy (non-hydrogen) atoms. The molecule has 0 aromatic carbocycles. The zero-order valence-electron chi connectivity index (χ0n) is 5.20. The number of hydrogen-bond donors (Lipinski definition) is 1. The van der Waals surface area contributed by atoms with Gasteiger partial charge < -0.3 is 5.32 Å². The summed E-state index contributed by atoms with van der Waals surface area (Å²) < 4.78 is -0.384. The standard InChI is InChI=1S/C6H9Cl2N/c1-3-5-4(2-9-3)6(5,7)8/h3-5,9H,2H2,1H3. The van der Waals surface area contributed by atoms with Crippen molar-refractivity contribution in [1.29, 1.82) is 0 Å². The molecule has 3 unspecified atom stereocenters. The van der Waals surface area contributed by atoms with Gasteiger partial charge in [-0.15, -0.1) is 23.2 Å². The summed E-state index contributed by atoms with van der Waals surface area (Å²) in [5, 5.41) is 3.31. The molecule has 1 heterocycles. The largest absolute Gasteiger partial charge is 0.313 e. The highest BCUT2D eigenvalue weighted by Crippen LogP contribution is 2.62. The number of hydrogen-bond acceptors (Lipinski definition) is 1. The molecule has 1 saturated heterocycles. The van der Waals surface area contributed by atoms with Gasteiger partial charge in [-0.25, -0.2) is 0 Å². The SMILES string of the molecule is CC1NCC2C1C2(Cl)Cl. The molecule has 1 aliphatic heterocycles. The van der Waals surface area contributed by atoms with E-state index in [0.717, 1.165) is 6.54 Å². The molecule has 0 amide bonds. The second-order valence-corrected chi connectivity index (χ2v) is 4.45. The zero-order chi connectivity index (χ0) is 6.65. The van der Waals surface area contributed by atoms with Crippen molar-refractivity contribution in [3.63, 3.8) is 0 Å². The van der Waals surface area contributed by atoms with Gasteiger partial charge in [0.2, 0.25) is 0 Å². The minimum atomic E-state index is -0.384. The smallest absolute Gasteiger partial charge is 0.127 e. The number of halogens is 2. The maximum absolute atomic E-state index is 5.93. The number of fused-ring (bicyclic) bond motifs is 1. The minimum absolute atomic E-state index is 0.384. The van der Waals surface area contributed by atoms with Crippen LogP contribution in [0, 0.1) is 11.8 Å². The number of rotatable bonds is 0. The van der Waals surface area contributed by atoms with Gasteiger partial charge in [0.25, 0.3) is 0 Å². The molecule has 2 fully saturated rings. The Bertz CT molecular complexity index is 146. The van der Waals surface area contributed by atoms with Gasteiger partial charge in [0.05, 0.1) is 0 Å². The lowest BCUT2D eigenvalue weighted by atomic mass is 10.2. The van der Waals surface area contributed by atoms with Gasteiger partial charge in [0.15, 0.2) is 0 Å². The lowest BCUT2D eigenvalue weighted by molar-refractivity contribution is 0.569. The summed E-state index contributed by atoms with van der Waals surface area (Å²) in [4.78, 5) is 0. The average molecular weight is 166 g/mol. The Morgan fingerprint density at radius 3 is 2.44 bits per heavy atom. The first-order valence-corrected chi connectivity index (χ1v) is 4.01. The topological polar surface area (TPSA) is 12.0 Å². The molecule has 0 aromatic rings. The first-order chi connectivity index (χ1) is 4.14. The monoisotopic (exact) mass is 165 g/mol. The molecule has 1 nitrogen and oxygen atoms in total. The summed E-state index contributed by atoms with van der Waals surface area (Å²) in [7, 11) is 0. The Hall–Kier alpha value is 0.540. The van der Waals surface area contributed by atoms with Crippen LogP contribution < -0.4 is 5.32 Å². The summed E-state index contributed by atoms with van der Waals surface area (Å²) in [6.45, 7) is 3.13. The van der Waals surface area contributed by atoms with E-state index >= 15 is 0 Å². The van der Waals surface area contributed by atoms with E-state index in [4.69, 9.17) is 23.2 Å². The van der Waals surface area contributed by atoms with Crippen molar-refractivity contribution in [2.24, 2.45) is 11.8 Å². The Balaban J connectivity index is 2.14. The van der Waals surface area contributed by atoms with Gasteiger partial charge in [0, 0.05) is 24.4 Å². The predicted octanol–water partition coefficient (Wildman–Crippen LogP) is 1.40. The molecule has 3 heteroatoms. The molecule has 1 saturated carbocycles.